The summed E-state index contributed by atoms with van der Waals surface area (Å²) in [4.78, 5) is 18.7. The van der Waals surface area contributed by atoms with Crippen LogP contribution in [-0.4, -0.2) is 88.2 Å². The third-order valence-electron chi connectivity index (χ3n) is 7.87. The fourth-order valence-electron chi connectivity index (χ4n) is 5.59. The van der Waals surface area contributed by atoms with Crippen LogP contribution in [0.2, 0.25) is 0 Å². The molecule has 0 spiro atoms. The molecule has 1 saturated heterocycles. The molecular weight excluding hydrogens is 686 g/mol. The van der Waals surface area contributed by atoms with Crippen molar-refractivity contribution in [3.63, 3.8) is 0 Å². The van der Waals surface area contributed by atoms with Crippen LogP contribution in [0.1, 0.15) is 25.3 Å². The van der Waals surface area contributed by atoms with Gasteiger partial charge in [-0.25, -0.2) is 22.6 Å². The number of piperazine rings is 1. The van der Waals surface area contributed by atoms with Crippen LogP contribution >= 0.6 is 0 Å². The number of sulfonamides is 1. The summed E-state index contributed by atoms with van der Waals surface area (Å²) in [5, 5.41) is 9.26. The first-order chi connectivity index (χ1) is 23.2. The standard InChI is InChI=1S/C31H32F6N4O7S/c1-2-3-9-47-30(43)39-6-7-40-23(17-39)18-41(49(44,45)27-14-21(31(35,36)37)16-38-28(27)46-10-8-42)26-13-19(4-5-25(26)40)20-11-22(32)15-24(12-20)48-29(33)34/h4-5,11-16,23,29,42H,2-3,6-10,17-18H2,1H3/t23-/m0/s1. The van der Waals surface area contributed by atoms with E-state index in [1.165, 1.54) is 23.1 Å². The minimum atomic E-state index is -4.98. The number of fused-ring (bicyclic) bond motifs is 3. The number of anilines is 2. The highest BCUT2D eigenvalue weighted by Crippen LogP contribution is 2.44. The van der Waals surface area contributed by atoms with Crippen molar-refractivity contribution in [1.29, 1.82) is 0 Å². The average molecular weight is 719 g/mol. The van der Waals surface area contributed by atoms with E-state index in [0.29, 0.717) is 24.4 Å². The quantitative estimate of drug-likeness (QED) is 0.202. The van der Waals surface area contributed by atoms with Gasteiger partial charge in [0.1, 0.15) is 18.2 Å². The van der Waals surface area contributed by atoms with Gasteiger partial charge in [0.15, 0.2) is 4.90 Å². The van der Waals surface area contributed by atoms with E-state index in [2.05, 4.69) is 9.72 Å². The lowest BCUT2D eigenvalue weighted by Gasteiger charge is -2.48. The molecule has 1 fully saturated rings. The third kappa shape index (κ3) is 7.90. The molecule has 1 aromatic heterocycles. The van der Waals surface area contributed by atoms with Crippen molar-refractivity contribution in [3.8, 4) is 22.8 Å². The molecule has 1 atom stereocenters. The van der Waals surface area contributed by atoms with Gasteiger partial charge in [0.05, 0.1) is 42.7 Å². The Balaban J connectivity index is 1.63. The fraction of sp³-hybridized carbons (Fsp3) is 0.419. The maximum Gasteiger partial charge on any atom is 0.417 e. The van der Waals surface area contributed by atoms with Crippen LogP contribution < -0.4 is 18.7 Å². The van der Waals surface area contributed by atoms with Crippen LogP contribution in [0.15, 0.2) is 53.6 Å². The average Bonchev–Trinajstić information content (AvgIpc) is 3.05. The van der Waals surface area contributed by atoms with Crippen LogP contribution in [0, 0.1) is 5.82 Å². The number of halogens is 6. The zero-order valence-corrected chi connectivity index (χ0v) is 26.8. The molecule has 11 nitrogen and oxygen atoms in total. The number of ether oxygens (including phenoxy) is 3. The van der Waals surface area contributed by atoms with Gasteiger partial charge in [-0.15, -0.1) is 0 Å². The summed E-state index contributed by atoms with van der Waals surface area (Å²) in [6, 6.07) is 6.93. The van der Waals surface area contributed by atoms with E-state index < -0.39 is 76.1 Å². The molecule has 0 aliphatic carbocycles. The molecule has 18 heteroatoms. The summed E-state index contributed by atoms with van der Waals surface area (Å²) < 4.78 is 126. The molecule has 3 aromatic rings. The van der Waals surface area contributed by atoms with Crippen molar-refractivity contribution < 1.29 is 58.9 Å². The predicted octanol–water partition coefficient (Wildman–Crippen LogP) is 5.52. The number of alkyl halides is 5. The van der Waals surface area contributed by atoms with Crippen LogP contribution in [0.5, 0.6) is 11.6 Å². The first-order valence-corrected chi connectivity index (χ1v) is 16.6. The number of carbonyl (C=O) groups excluding carboxylic acids is 1. The maximum absolute atomic E-state index is 14.5. The second-order valence-electron chi connectivity index (χ2n) is 11.2. The molecule has 0 saturated carbocycles. The number of hydrogen-bond acceptors (Lipinski definition) is 9. The highest BCUT2D eigenvalue weighted by Gasteiger charge is 2.43. The number of hydrogen-bond donors (Lipinski definition) is 1. The number of benzene rings is 2. The lowest BCUT2D eigenvalue weighted by molar-refractivity contribution is -0.138. The van der Waals surface area contributed by atoms with Gasteiger partial charge >= 0.3 is 18.9 Å². The van der Waals surface area contributed by atoms with Crippen LogP contribution in [0.25, 0.3) is 11.1 Å². The van der Waals surface area contributed by atoms with E-state index in [1.54, 1.807) is 0 Å². The number of carbonyl (C=O) groups is 1. The molecule has 3 heterocycles. The maximum atomic E-state index is 14.5. The van der Waals surface area contributed by atoms with Gasteiger partial charge in [0.2, 0.25) is 5.88 Å². The number of nitrogens with zero attached hydrogens (tertiary/aromatic N) is 4. The zero-order valence-electron chi connectivity index (χ0n) is 26.0. The van der Waals surface area contributed by atoms with E-state index in [1.807, 2.05) is 11.8 Å². The van der Waals surface area contributed by atoms with Crippen LogP contribution in [0.4, 0.5) is 42.5 Å². The molecule has 1 amide bonds. The molecule has 5 rings (SSSR count). The first-order valence-electron chi connectivity index (χ1n) is 15.1. The summed E-state index contributed by atoms with van der Waals surface area (Å²) >= 11 is 0. The van der Waals surface area contributed by atoms with Crippen molar-refractivity contribution in [2.75, 3.05) is 55.2 Å². The summed E-state index contributed by atoms with van der Waals surface area (Å²) in [5.41, 5.74) is -0.863. The van der Waals surface area contributed by atoms with Gasteiger partial charge in [-0.2, -0.15) is 22.0 Å². The van der Waals surface area contributed by atoms with Gasteiger partial charge < -0.3 is 29.1 Å². The van der Waals surface area contributed by atoms with Crippen LogP contribution in [-0.2, 0) is 20.9 Å². The molecule has 0 unspecified atom stereocenters. The Morgan fingerprint density at radius 1 is 1.04 bits per heavy atom. The van der Waals surface area contributed by atoms with Gasteiger partial charge in [0.25, 0.3) is 10.0 Å². The monoisotopic (exact) mass is 718 g/mol. The number of aliphatic hydroxyl groups excluding tert-OH is 1. The SMILES string of the molecule is CCCCOC(=O)N1CCN2c3ccc(-c4cc(F)cc(OC(F)F)c4)cc3N(S(=O)(=O)c3cc(C(F)(F)F)cnc3OCCO)C[C@@H]2C1. The number of rotatable bonds is 11. The minimum absolute atomic E-state index is 0.00506. The van der Waals surface area contributed by atoms with Crippen LogP contribution in [0.3, 0.4) is 0 Å². The van der Waals surface area contributed by atoms with Gasteiger partial charge in [-0.05, 0) is 47.9 Å². The molecule has 2 aromatic carbocycles. The van der Waals surface area contributed by atoms with E-state index in [4.69, 9.17) is 9.47 Å². The molecule has 0 bridgehead atoms. The Hall–Kier alpha value is -4.45. The summed E-state index contributed by atoms with van der Waals surface area (Å²) in [6.45, 7) is -2.12. The van der Waals surface area contributed by atoms with Gasteiger partial charge in [-0.3, -0.25) is 4.31 Å². The Labute approximate surface area is 277 Å². The van der Waals surface area contributed by atoms with E-state index in [-0.39, 0.29) is 49.6 Å². The number of pyridine rings is 1. The van der Waals surface area contributed by atoms with E-state index in [0.717, 1.165) is 28.9 Å². The summed E-state index contributed by atoms with van der Waals surface area (Å²) in [5.74, 6) is -2.10. The highest BCUT2D eigenvalue weighted by atomic mass is 32.2. The summed E-state index contributed by atoms with van der Waals surface area (Å²) in [6.07, 6.45) is -3.74. The molecule has 1 N–H and O–H groups in total. The van der Waals surface area contributed by atoms with E-state index in [9.17, 15) is 44.7 Å². The number of aromatic nitrogens is 1. The zero-order chi connectivity index (χ0) is 35.5. The predicted molar refractivity (Wildman–Crippen MR) is 164 cm³/mol. The topological polar surface area (TPSA) is 122 Å². The number of unbranched alkanes of at least 4 members (excludes halogenated alkanes) is 1. The Bertz CT molecular complexity index is 1780. The molecular formula is C31H32F6N4O7S. The van der Waals surface area contributed by atoms with E-state index >= 15 is 0 Å². The lowest BCUT2D eigenvalue weighted by atomic mass is 10.00. The number of aliphatic hydroxyl groups is 1. The second kappa shape index (κ2) is 14.6. The Morgan fingerprint density at radius 2 is 1.82 bits per heavy atom. The molecule has 0 radical (unpaired) electrons. The Morgan fingerprint density at radius 3 is 2.51 bits per heavy atom. The van der Waals surface area contributed by atoms with Gasteiger partial charge in [0, 0.05) is 31.9 Å². The smallest absolute Gasteiger partial charge is 0.417 e. The molecule has 2 aliphatic heterocycles. The largest absolute Gasteiger partial charge is 0.474 e. The van der Waals surface area contributed by atoms with Gasteiger partial charge in [-0.1, -0.05) is 19.4 Å². The van der Waals surface area contributed by atoms with Crippen molar-refractivity contribution >= 4 is 27.5 Å². The first kappa shape index (κ1) is 35.8. The molecule has 2 aliphatic rings. The number of amides is 1. The summed E-state index contributed by atoms with van der Waals surface area (Å²) in [7, 11) is -4.95. The lowest BCUT2D eigenvalue weighted by Crippen LogP contribution is -2.61. The molecule has 266 valence electrons. The fourth-order valence-corrected chi connectivity index (χ4v) is 7.21. The normalized spacial score (nSPS) is 16.3. The minimum Gasteiger partial charge on any atom is -0.474 e. The Kier molecular flexibility index (Phi) is 10.7. The molecule has 49 heavy (non-hydrogen) atoms. The van der Waals surface area contributed by atoms with Crippen molar-refractivity contribution in [2.24, 2.45) is 0 Å². The highest BCUT2D eigenvalue weighted by molar-refractivity contribution is 7.93. The van der Waals surface area contributed by atoms with Crippen molar-refractivity contribution in [2.45, 2.75) is 43.5 Å². The third-order valence-corrected chi connectivity index (χ3v) is 9.64. The van der Waals surface area contributed by atoms with Crippen molar-refractivity contribution in [1.82, 2.24) is 9.88 Å². The second-order valence-corrected chi connectivity index (χ2v) is 13.0. The van der Waals surface area contributed by atoms with Crippen molar-refractivity contribution in [3.05, 3.63) is 60.0 Å².